The molecule has 0 aromatic heterocycles. The Hall–Kier alpha value is -3.10. The van der Waals surface area contributed by atoms with Crippen molar-refractivity contribution in [3.05, 3.63) is 83.1 Å². The number of β-lactam (4-membered cyclic amide) rings is 1. The minimum Gasteiger partial charge on any atom is -0.461 e. The maximum atomic E-state index is 13.4. The number of amides is 1. The molecule has 1 saturated heterocycles. The summed E-state index contributed by atoms with van der Waals surface area (Å²) in [5.41, 5.74) is 8.17. The number of thioether (sulfide) groups is 1. The Morgan fingerprint density at radius 2 is 1.68 bits per heavy atom. The van der Waals surface area contributed by atoms with Gasteiger partial charge in [0.1, 0.15) is 23.7 Å². The summed E-state index contributed by atoms with van der Waals surface area (Å²) in [6.07, 6.45) is -0.657. The second-order valence-electron chi connectivity index (χ2n) is 7.27. The number of benzene rings is 2. The summed E-state index contributed by atoms with van der Waals surface area (Å²) in [5.74, 6) is -1.04. The van der Waals surface area contributed by atoms with Crippen LogP contribution in [0.3, 0.4) is 0 Å². The predicted molar refractivity (Wildman–Crippen MR) is 116 cm³/mol. The Kier molecular flexibility index (Phi) is 6.11. The third kappa shape index (κ3) is 4.22. The van der Waals surface area contributed by atoms with Gasteiger partial charge in [0, 0.05) is 18.2 Å². The molecule has 0 spiro atoms. The topological polar surface area (TPSA) is 98.9 Å². The highest BCUT2D eigenvalue weighted by Gasteiger charge is 2.52. The minimum absolute atomic E-state index is 0.0835. The van der Waals surface area contributed by atoms with Crippen LogP contribution in [0.15, 0.2) is 71.9 Å². The van der Waals surface area contributed by atoms with E-state index in [0.29, 0.717) is 11.3 Å². The third-order valence-electron chi connectivity index (χ3n) is 5.16. The van der Waals surface area contributed by atoms with Gasteiger partial charge in [-0.1, -0.05) is 60.7 Å². The zero-order valence-corrected chi connectivity index (χ0v) is 17.7. The molecule has 8 heteroatoms. The van der Waals surface area contributed by atoms with Crippen LogP contribution in [0.2, 0.25) is 0 Å². The molecule has 0 bridgehead atoms. The van der Waals surface area contributed by atoms with E-state index in [2.05, 4.69) is 0 Å². The molecule has 7 nitrogen and oxygen atoms in total. The molecule has 2 aromatic rings. The summed E-state index contributed by atoms with van der Waals surface area (Å²) in [6.45, 7) is 1.21. The SMILES string of the molecule is CC(=O)OCC1=C(C(=O)OC(c2ccccc2)c2ccccc2)N2C(=O)C(N)[C@@H]2SC1. The van der Waals surface area contributed by atoms with Gasteiger partial charge in [-0.05, 0) is 11.1 Å². The summed E-state index contributed by atoms with van der Waals surface area (Å²) < 4.78 is 11.1. The van der Waals surface area contributed by atoms with E-state index in [9.17, 15) is 14.4 Å². The van der Waals surface area contributed by atoms with E-state index in [0.717, 1.165) is 11.1 Å². The van der Waals surface area contributed by atoms with Crippen molar-refractivity contribution in [3.63, 3.8) is 0 Å². The van der Waals surface area contributed by atoms with Crippen molar-refractivity contribution in [1.82, 2.24) is 4.90 Å². The molecular formula is C23H22N2O5S. The van der Waals surface area contributed by atoms with Gasteiger partial charge in [-0.2, -0.15) is 0 Å². The number of rotatable bonds is 6. The number of fused-ring (bicyclic) bond motifs is 1. The van der Waals surface area contributed by atoms with E-state index in [1.165, 1.54) is 23.6 Å². The molecule has 31 heavy (non-hydrogen) atoms. The van der Waals surface area contributed by atoms with Crippen LogP contribution < -0.4 is 5.73 Å². The number of hydrogen-bond acceptors (Lipinski definition) is 7. The number of ether oxygens (including phenoxy) is 2. The van der Waals surface area contributed by atoms with Crippen molar-refractivity contribution >= 4 is 29.6 Å². The minimum atomic E-state index is -0.665. The summed E-state index contributed by atoms with van der Waals surface area (Å²) in [4.78, 5) is 38.5. The summed E-state index contributed by atoms with van der Waals surface area (Å²) in [7, 11) is 0. The number of nitrogens with zero attached hydrogens (tertiary/aromatic N) is 1. The van der Waals surface area contributed by atoms with Gasteiger partial charge in [-0.3, -0.25) is 14.5 Å². The van der Waals surface area contributed by atoms with E-state index in [1.807, 2.05) is 60.7 Å². The van der Waals surface area contributed by atoms with E-state index in [-0.39, 0.29) is 23.6 Å². The molecule has 2 heterocycles. The monoisotopic (exact) mass is 438 g/mol. The molecule has 1 fully saturated rings. The molecule has 4 rings (SSSR count). The Morgan fingerprint density at radius 1 is 1.10 bits per heavy atom. The maximum absolute atomic E-state index is 13.4. The largest absolute Gasteiger partial charge is 0.461 e. The summed E-state index contributed by atoms with van der Waals surface area (Å²) in [5, 5.41) is -0.331. The second kappa shape index (κ2) is 8.95. The third-order valence-corrected chi connectivity index (χ3v) is 6.52. The molecule has 2 aromatic carbocycles. The van der Waals surface area contributed by atoms with Gasteiger partial charge < -0.3 is 15.2 Å². The van der Waals surface area contributed by atoms with Crippen LogP contribution in [0, 0.1) is 0 Å². The number of carbonyl (C=O) groups excluding carboxylic acids is 3. The standard InChI is InChI=1S/C23H22N2O5S/c1-14(26)29-12-17-13-31-22-18(24)21(27)25(22)19(17)23(28)30-20(15-8-4-2-5-9-15)16-10-6-3-7-11-16/h2-11,18,20,22H,12-13,24H2,1H3/t18?,22-/m0/s1. The lowest BCUT2D eigenvalue weighted by atomic mass is 10.0. The highest BCUT2D eigenvalue weighted by Crippen LogP contribution is 2.40. The molecule has 2 atom stereocenters. The van der Waals surface area contributed by atoms with Crippen LogP contribution in [0.25, 0.3) is 0 Å². The average molecular weight is 439 g/mol. The van der Waals surface area contributed by atoms with Crippen molar-refractivity contribution in [2.45, 2.75) is 24.4 Å². The number of nitrogens with two attached hydrogens (primary N) is 1. The van der Waals surface area contributed by atoms with Crippen molar-refractivity contribution in [2.24, 2.45) is 5.73 Å². The van der Waals surface area contributed by atoms with Gasteiger partial charge in [-0.15, -0.1) is 11.8 Å². The molecule has 2 aliphatic rings. The molecule has 0 aliphatic carbocycles. The normalized spacial score (nSPS) is 20.2. The lowest BCUT2D eigenvalue weighted by Crippen LogP contribution is -2.68. The Balaban J connectivity index is 1.68. The molecule has 0 saturated carbocycles. The lowest BCUT2D eigenvalue weighted by Gasteiger charge is -2.48. The van der Waals surface area contributed by atoms with Crippen molar-refractivity contribution < 1.29 is 23.9 Å². The highest BCUT2D eigenvalue weighted by molar-refractivity contribution is 8.00. The fraction of sp³-hybridized carbons (Fsp3) is 0.261. The van der Waals surface area contributed by atoms with Crippen LogP contribution in [0.5, 0.6) is 0 Å². The first-order valence-electron chi connectivity index (χ1n) is 9.84. The van der Waals surface area contributed by atoms with E-state index >= 15 is 0 Å². The average Bonchev–Trinajstić information content (AvgIpc) is 2.80. The Morgan fingerprint density at radius 3 is 2.23 bits per heavy atom. The van der Waals surface area contributed by atoms with E-state index < -0.39 is 24.1 Å². The van der Waals surface area contributed by atoms with Gasteiger partial charge in [-0.25, -0.2) is 4.79 Å². The van der Waals surface area contributed by atoms with E-state index in [1.54, 1.807) is 0 Å². The van der Waals surface area contributed by atoms with Gasteiger partial charge in [0.25, 0.3) is 0 Å². The van der Waals surface area contributed by atoms with E-state index in [4.69, 9.17) is 15.2 Å². The molecule has 2 N–H and O–H groups in total. The van der Waals surface area contributed by atoms with Gasteiger partial charge in [0.05, 0.1) is 0 Å². The predicted octanol–water partition coefficient (Wildman–Crippen LogP) is 2.38. The van der Waals surface area contributed by atoms with Gasteiger partial charge >= 0.3 is 11.9 Å². The summed E-state index contributed by atoms with van der Waals surface area (Å²) >= 11 is 1.44. The first kappa shape index (κ1) is 21.1. The molecule has 1 unspecified atom stereocenters. The van der Waals surface area contributed by atoms with Gasteiger partial charge in [0.15, 0.2) is 6.10 Å². The second-order valence-corrected chi connectivity index (χ2v) is 8.38. The highest BCUT2D eigenvalue weighted by atomic mass is 32.2. The molecule has 2 aliphatic heterocycles. The van der Waals surface area contributed by atoms with Crippen LogP contribution in [0.4, 0.5) is 0 Å². The smallest absolute Gasteiger partial charge is 0.356 e. The van der Waals surface area contributed by atoms with Crippen LogP contribution >= 0.6 is 11.8 Å². The molecular weight excluding hydrogens is 416 g/mol. The number of carbonyl (C=O) groups is 3. The molecule has 160 valence electrons. The van der Waals surface area contributed by atoms with Crippen LogP contribution in [-0.2, 0) is 23.9 Å². The number of hydrogen-bond donors (Lipinski definition) is 1. The van der Waals surface area contributed by atoms with Crippen molar-refractivity contribution in [3.8, 4) is 0 Å². The summed E-state index contributed by atoms with van der Waals surface area (Å²) in [6, 6.07) is 18.1. The fourth-order valence-electron chi connectivity index (χ4n) is 3.62. The Labute approximate surface area is 184 Å². The van der Waals surface area contributed by atoms with Crippen LogP contribution in [-0.4, -0.2) is 46.5 Å². The van der Waals surface area contributed by atoms with Crippen molar-refractivity contribution in [1.29, 1.82) is 0 Å². The number of esters is 2. The van der Waals surface area contributed by atoms with Crippen molar-refractivity contribution in [2.75, 3.05) is 12.4 Å². The zero-order chi connectivity index (χ0) is 22.0. The maximum Gasteiger partial charge on any atom is 0.356 e. The molecule has 1 amide bonds. The lowest BCUT2D eigenvalue weighted by molar-refractivity contribution is -0.153. The fourth-order valence-corrected chi connectivity index (χ4v) is 4.89. The first-order chi connectivity index (χ1) is 15.0. The first-order valence-corrected chi connectivity index (χ1v) is 10.9. The van der Waals surface area contributed by atoms with Crippen LogP contribution in [0.1, 0.15) is 24.2 Å². The molecule has 0 radical (unpaired) electrons. The quantitative estimate of drug-likeness (QED) is 0.546. The van der Waals surface area contributed by atoms with Gasteiger partial charge in [0.2, 0.25) is 5.91 Å². The zero-order valence-electron chi connectivity index (χ0n) is 16.9. The Bertz CT molecular complexity index is 985.